The van der Waals surface area contributed by atoms with Gasteiger partial charge >= 0.3 is 0 Å². The van der Waals surface area contributed by atoms with Gasteiger partial charge in [0.15, 0.2) is 0 Å². The zero-order chi connectivity index (χ0) is 19.6. The van der Waals surface area contributed by atoms with Gasteiger partial charge in [-0.3, -0.25) is 9.48 Å². The number of sulfonamides is 1. The number of aromatic nitrogens is 2. The van der Waals surface area contributed by atoms with Crippen LogP contribution in [0.15, 0.2) is 35.5 Å². The highest BCUT2D eigenvalue weighted by Crippen LogP contribution is 2.25. The minimum atomic E-state index is -3.82. The Labute approximate surface area is 159 Å². The van der Waals surface area contributed by atoms with E-state index in [0.717, 1.165) is 12.8 Å². The number of benzene rings is 1. The molecular weight excluding hydrogens is 368 g/mol. The lowest BCUT2D eigenvalue weighted by atomic mass is 10.0. The number of rotatable bonds is 5. The molecule has 1 aliphatic heterocycles. The topological polar surface area (TPSA) is 93.5 Å². The second-order valence-corrected chi connectivity index (χ2v) is 8.64. The summed E-state index contributed by atoms with van der Waals surface area (Å²) in [5.74, 6) is 0.646. The number of piperidine rings is 1. The number of nitrogens with one attached hydrogen (secondary N) is 1. The van der Waals surface area contributed by atoms with E-state index in [0.29, 0.717) is 30.4 Å². The van der Waals surface area contributed by atoms with Crippen LogP contribution in [-0.4, -0.2) is 48.6 Å². The zero-order valence-electron chi connectivity index (χ0n) is 15.7. The molecule has 0 atom stereocenters. The van der Waals surface area contributed by atoms with Crippen molar-refractivity contribution in [3.8, 4) is 5.75 Å². The van der Waals surface area contributed by atoms with Gasteiger partial charge in [-0.1, -0.05) is 6.92 Å². The van der Waals surface area contributed by atoms with Crippen LogP contribution in [0.3, 0.4) is 0 Å². The van der Waals surface area contributed by atoms with Gasteiger partial charge in [-0.25, -0.2) is 8.42 Å². The molecule has 1 saturated heterocycles. The van der Waals surface area contributed by atoms with E-state index < -0.39 is 15.9 Å². The number of anilines is 1. The summed E-state index contributed by atoms with van der Waals surface area (Å²) < 4.78 is 33.9. The van der Waals surface area contributed by atoms with Crippen LogP contribution >= 0.6 is 0 Å². The fourth-order valence-corrected chi connectivity index (χ4v) is 4.63. The van der Waals surface area contributed by atoms with E-state index in [1.807, 2.05) is 0 Å². The summed E-state index contributed by atoms with van der Waals surface area (Å²) in [5, 5.41) is 6.58. The van der Waals surface area contributed by atoms with Crippen molar-refractivity contribution >= 4 is 21.6 Å². The van der Waals surface area contributed by atoms with Crippen molar-refractivity contribution in [1.29, 1.82) is 0 Å². The molecule has 0 saturated carbocycles. The molecule has 1 aliphatic rings. The number of ether oxygens (including phenoxy) is 1. The first-order chi connectivity index (χ1) is 12.8. The number of methoxy groups -OCH3 is 1. The molecule has 1 amide bonds. The van der Waals surface area contributed by atoms with Gasteiger partial charge in [0.05, 0.1) is 12.7 Å². The minimum absolute atomic E-state index is 0.0342. The Morgan fingerprint density at radius 3 is 2.44 bits per heavy atom. The Bertz CT molecular complexity index is 913. The summed E-state index contributed by atoms with van der Waals surface area (Å²) >= 11 is 0. The smallest absolute Gasteiger partial charge is 0.263 e. The van der Waals surface area contributed by atoms with E-state index in [2.05, 4.69) is 17.3 Å². The van der Waals surface area contributed by atoms with E-state index in [9.17, 15) is 13.2 Å². The largest absolute Gasteiger partial charge is 0.497 e. The van der Waals surface area contributed by atoms with Crippen LogP contribution in [0.1, 0.15) is 30.1 Å². The fourth-order valence-electron chi connectivity index (χ4n) is 3.03. The highest BCUT2D eigenvalue weighted by atomic mass is 32.2. The fraction of sp³-hybridized carbons (Fsp3) is 0.444. The summed E-state index contributed by atoms with van der Waals surface area (Å²) in [4.78, 5) is 12.7. The van der Waals surface area contributed by atoms with E-state index in [-0.39, 0.29) is 10.6 Å². The highest BCUT2D eigenvalue weighted by Gasteiger charge is 2.34. The van der Waals surface area contributed by atoms with Crippen LogP contribution < -0.4 is 10.1 Å². The van der Waals surface area contributed by atoms with Gasteiger partial charge in [-0.15, -0.1) is 0 Å². The Morgan fingerprint density at radius 2 is 1.85 bits per heavy atom. The first kappa shape index (κ1) is 19.4. The monoisotopic (exact) mass is 392 g/mol. The molecule has 1 aromatic carbocycles. The Hall–Kier alpha value is -2.39. The predicted octanol–water partition coefficient (Wildman–Crippen LogP) is 2.10. The molecule has 9 heteroatoms. The van der Waals surface area contributed by atoms with Crippen molar-refractivity contribution < 1.29 is 17.9 Å². The lowest BCUT2D eigenvalue weighted by Gasteiger charge is -2.28. The van der Waals surface area contributed by atoms with Crippen molar-refractivity contribution in [2.75, 3.05) is 25.5 Å². The number of carbonyl (C=O) groups is 1. The van der Waals surface area contributed by atoms with Crippen LogP contribution in [0, 0.1) is 5.92 Å². The summed E-state index contributed by atoms with van der Waals surface area (Å²) in [6.07, 6.45) is 3.04. The van der Waals surface area contributed by atoms with E-state index in [4.69, 9.17) is 4.74 Å². The molecule has 0 unspecified atom stereocenters. The number of carbonyl (C=O) groups excluding carboxylic acids is 1. The van der Waals surface area contributed by atoms with E-state index in [1.54, 1.807) is 38.4 Å². The van der Waals surface area contributed by atoms with Crippen LogP contribution in [0.25, 0.3) is 0 Å². The average Bonchev–Trinajstić information content (AvgIpc) is 3.05. The molecule has 1 aromatic heterocycles. The third-order valence-electron chi connectivity index (χ3n) is 4.71. The molecule has 1 N–H and O–H groups in total. The zero-order valence-corrected chi connectivity index (χ0v) is 16.5. The maximum Gasteiger partial charge on any atom is 0.263 e. The normalized spacial score (nSPS) is 16.3. The number of aryl methyl sites for hydroxylation is 1. The second kappa shape index (κ2) is 7.69. The van der Waals surface area contributed by atoms with Crippen LogP contribution in [0.2, 0.25) is 0 Å². The Kier molecular flexibility index (Phi) is 5.52. The standard InChI is InChI=1S/C18H24N4O4S/c1-13-8-10-22(11-9-13)27(24,25)18-16(12-21(2)20-18)17(23)19-14-4-6-15(26-3)7-5-14/h4-7,12-13H,8-11H2,1-3H3,(H,19,23). The molecule has 8 nitrogen and oxygen atoms in total. The molecule has 0 bridgehead atoms. The maximum absolute atomic E-state index is 13.0. The quantitative estimate of drug-likeness (QED) is 0.841. The molecule has 1 fully saturated rings. The van der Waals surface area contributed by atoms with Gasteiger partial charge in [0.1, 0.15) is 5.75 Å². The predicted molar refractivity (Wildman–Crippen MR) is 101 cm³/mol. The lowest BCUT2D eigenvalue weighted by molar-refractivity contribution is 0.102. The van der Waals surface area contributed by atoms with Gasteiger partial charge in [-0.2, -0.15) is 9.40 Å². The molecule has 2 heterocycles. The second-order valence-electron chi connectivity index (χ2n) is 6.79. The SMILES string of the molecule is COc1ccc(NC(=O)c2cn(C)nc2S(=O)(=O)N2CCC(C)CC2)cc1. The van der Waals surface area contributed by atoms with Crippen molar-refractivity contribution in [3.63, 3.8) is 0 Å². The third-order valence-corrected chi connectivity index (χ3v) is 6.55. The van der Waals surface area contributed by atoms with Crippen molar-refractivity contribution in [2.24, 2.45) is 13.0 Å². The molecule has 0 spiro atoms. The van der Waals surface area contributed by atoms with Crippen molar-refractivity contribution in [3.05, 3.63) is 36.0 Å². The molecule has 27 heavy (non-hydrogen) atoms. The van der Waals surface area contributed by atoms with E-state index in [1.165, 1.54) is 15.2 Å². The Morgan fingerprint density at radius 1 is 1.22 bits per heavy atom. The molecular formula is C18H24N4O4S. The summed E-state index contributed by atoms with van der Waals surface area (Å²) in [6, 6.07) is 6.80. The molecule has 0 radical (unpaired) electrons. The molecule has 146 valence electrons. The first-order valence-electron chi connectivity index (χ1n) is 8.80. The van der Waals surface area contributed by atoms with Crippen LogP contribution in [0.4, 0.5) is 5.69 Å². The highest BCUT2D eigenvalue weighted by molar-refractivity contribution is 7.89. The van der Waals surface area contributed by atoms with Gasteiger partial charge in [-0.05, 0) is 43.0 Å². The third kappa shape index (κ3) is 4.14. The number of hydrogen-bond donors (Lipinski definition) is 1. The van der Waals surface area contributed by atoms with E-state index >= 15 is 0 Å². The minimum Gasteiger partial charge on any atom is -0.497 e. The summed E-state index contributed by atoms with van der Waals surface area (Å²) in [6.45, 7) is 3.00. The van der Waals surface area contributed by atoms with Gasteiger partial charge in [0, 0.05) is 32.0 Å². The van der Waals surface area contributed by atoms with Crippen LogP contribution in [0.5, 0.6) is 5.75 Å². The maximum atomic E-state index is 13.0. The molecule has 3 rings (SSSR count). The van der Waals surface area contributed by atoms with Crippen molar-refractivity contribution in [1.82, 2.24) is 14.1 Å². The van der Waals surface area contributed by atoms with Gasteiger partial charge in [0.25, 0.3) is 15.9 Å². The first-order valence-corrected chi connectivity index (χ1v) is 10.2. The average molecular weight is 392 g/mol. The summed E-state index contributed by atoms with van der Waals surface area (Å²) in [5.41, 5.74) is 0.576. The number of hydrogen-bond acceptors (Lipinski definition) is 5. The number of nitrogens with zero attached hydrogens (tertiary/aromatic N) is 3. The lowest BCUT2D eigenvalue weighted by Crippen LogP contribution is -2.38. The van der Waals surface area contributed by atoms with Gasteiger partial charge < -0.3 is 10.1 Å². The van der Waals surface area contributed by atoms with Crippen molar-refractivity contribution in [2.45, 2.75) is 24.8 Å². The van der Waals surface area contributed by atoms with Gasteiger partial charge in [0.2, 0.25) is 5.03 Å². The summed E-state index contributed by atoms with van der Waals surface area (Å²) in [7, 11) is -0.667. The molecule has 0 aliphatic carbocycles. The van der Waals surface area contributed by atoms with Crippen LogP contribution in [-0.2, 0) is 17.1 Å². The Balaban J connectivity index is 1.85. The number of amides is 1. The molecule has 2 aromatic rings.